The third-order valence-corrected chi connectivity index (χ3v) is 2.79. The summed E-state index contributed by atoms with van der Waals surface area (Å²) in [5.74, 6) is -0.140. The first-order valence-electron chi connectivity index (χ1n) is 6.42. The standard InChI is InChI=1S/C14H23FN2/c1-3-10-16-11-6-7-12-17(2)14-9-5-4-8-13(14)15/h4-5,8-9,16H,3,6-7,10-12H2,1-2H3. The quantitative estimate of drug-likeness (QED) is 0.700. The zero-order chi connectivity index (χ0) is 12.5. The minimum atomic E-state index is -0.140. The van der Waals surface area contributed by atoms with Gasteiger partial charge in [-0.15, -0.1) is 0 Å². The average Bonchev–Trinajstić information content (AvgIpc) is 2.34. The van der Waals surface area contributed by atoms with Gasteiger partial charge in [-0.25, -0.2) is 4.39 Å². The molecule has 0 amide bonds. The molecule has 0 spiro atoms. The van der Waals surface area contributed by atoms with Gasteiger partial charge in [0.2, 0.25) is 0 Å². The maximum atomic E-state index is 13.5. The highest BCUT2D eigenvalue weighted by Crippen LogP contribution is 2.17. The molecule has 0 aliphatic heterocycles. The Labute approximate surface area is 104 Å². The van der Waals surface area contributed by atoms with Crippen molar-refractivity contribution in [3.8, 4) is 0 Å². The summed E-state index contributed by atoms with van der Waals surface area (Å²) in [5, 5.41) is 3.37. The number of hydrogen-bond acceptors (Lipinski definition) is 2. The molecule has 0 aromatic heterocycles. The molecule has 1 rings (SSSR count). The van der Waals surface area contributed by atoms with Gasteiger partial charge in [0.15, 0.2) is 0 Å². The smallest absolute Gasteiger partial charge is 0.146 e. The topological polar surface area (TPSA) is 15.3 Å². The van der Waals surface area contributed by atoms with Crippen LogP contribution in [0.4, 0.5) is 10.1 Å². The number of benzene rings is 1. The summed E-state index contributed by atoms with van der Waals surface area (Å²) in [6.07, 6.45) is 3.40. The van der Waals surface area contributed by atoms with E-state index in [2.05, 4.69) is 12.2 Å². The van der Waals surface area contributed by atoms with Gasteiger partial charge in [-0.3, -0.25) is 0 Å². The first kappa shape index (κ1) is 14.0. The van der Waals surface area contributed by atoms with Crippen LogP contribution < -0.4 is 10.2 Å². The minimum Gasteiger partial charge on any atom is -0.372 e. The number of anilines is 1. The average molecular weight is 238 g/mol. The highest BCUT2D eigenvalue weighted by Gasteiger charge is 2.05. The fraction of sp³-hybridized carbons (Fsp3) is 0.571. The molecule has 0 bridgehead atoms. The van der Waals surface area contributed by atoms with Gasteiger partial charge in [-0.1, -0.05) is 19.1 Å². The van der Waals surface area contributed by atoms with Crippen molar-refractivity contribution in [3.05, 3.63) is 30.1 Å². The molecular formula is C14H23FN2. The van der Waals surface area contributed by atoms with Crippen LogP contribution in [0.15, 0.2) is 24.3 Å². The molecule has 0 aliphatic rings. The van der Waals surface area contributed by atoms with Gasteiger partial charge in [0.25, 0.3) is 0 Å². The summed E-state index contributed by atoms with van der Waals surface area (Å²) in [4.78, 5) is 1.98. The first-order chi connectivity index (χ1) is 8.25. The van der Waals surface area contributed by atoms with Crippen molar-refractivity contribution in [2.24, 2.45) is 0 Å². The van der Waals surface area contributed by atoms with E-state index < -0.39 is 0 Å². The van der Waals surface area contributed by atoms with Crippen molar-refractivity contribution in [3.63, 3.8) is 0 Å². The van der Waals surface area contributed by atoms with Crippen LogP contribution in [0.3, 0.4) is 0 Å². The second kappa shape index (κ2) is 8.07. The minimum absolute atomic E-state index is 0.140. The normalized spacial score (nSPS) is 10.5. The maximum Gasteiger partial charge on any atom is 0.146 e. The van der Waals surface area contributed by atoms with Crippen LogP contribution in [0.25, 0.3) is 0 Å². The molecule has 0 fully saturated rings. The van der Waals surface area contributed by atoms with E-state index in [0.29, 0.717) is 5.69 Å². The van der Waals surface area contributed by atoms with E-state index in [-0.39, 0.29) is 5.82 Å². The Hall–Kier alpha value is -1.09. The summed E-state index contributed by atoms with van der Waals surface area (Å²) < 4.78 is 13.5. The Balaban J connectivity index is 2.21. The molecule has 1 N–H and O–H groups in total. The molecule has 0 saturated carbocycles. The second-order valence-corrected chi connectivity index (χ2v) is 4.33. The zero-order valence-corrected chi connectivity index (χ0v) is 10.9. The number of rotatable bonds is 8. The number of nitrogens with zero attached hydrogens (tertiary/aromatic N) is 1. The second-order valence-electron chi connectivity index (χ2n) is 4.33. The predicted molar refractivity (Wildman–Crippen MR) is 72.1 cm³/mol. The Morgan fingerprint density at radius 3 is 2.65 bits per heavy atom. The molecule has 0 aliphatic carbocycles. The monoisotopic (exact) mass is 238 g/mol. The fourth-order valence-electron chi connectivity index (χ4n) is 1.78. The van der Waals surface area contributed by atoms with Crippen LogP contribution in [0.2, 0.25) is 0 Å². The molecular weight excluding hydrogens is 215 g/mol. The van der Waals surface area contributed by atoms with Gasteiger partial charge in [0.05, 0.1) is 5.69 Å². The van der Waals surface area contributed by atoms with Gasteiger partial charge in [0, 0.05) is 13.6 Å². The molecule has 1 aromatic rings. The summed E-state index contributed by atoms with van der Waals surface area (Å²) in [6, 6.07) is 6.93. The lowest BCUT2D eigenvalue weighted by Crippen LogP contribution is -2.22. The molecule has 0 heterocycles. The Morgan fingerprint density at radius 1 is 1.18 bits per heavy atom. The van der Waals surface area contributed by atoms with Crippen molar-refractivity contribution < 1.29 is 4.39 Å². The number of hydrogen-bond donors (Lipinski definition) is 1. The van der Waals surface area contributed by atoms with Crippen LogP contribution in [-0.4, -0.2) is 26.7 Å². The van der Waals surface area contributed by atoms with Crippen molar-refractivity contribution in [2.45, 2.75) is 26.2 Å². The number of halogens is 1. The lowest BCUT2D eigenvalue weighted by Gasteiger charge is -2.19. The third-order valence-electron chi connectivity index (χ3n) is 2.79. The molecule has 96 valence electrons. The fourth-order valence-corrected chi connectivity index (χ4v) is 1.78. The Morgan fingerprint density at radius 2 is 1.94 bits per heavy atom. The highest BCUT2D eigenvalue weighted by molar-refractivity contribution is 5.46. The summed E-state index contributed by atoms with van der Waals surface area (Å²) >= 11 is 0. The van der Waals surface area contributed by atoms with Crippen molar-refractivity contribution in [1.29, 1.82) is 0 Å². The molecule has 0 unspecified atom stereocenters. The first-order valence-corrected chi connectivity index (χ1v) is 6.42. The summed E-state index contributed by atoms with van der Waals surface area (Å²) in [7, 11) is 1.94. The van der Waals surface area contributed by atoms with Gasteiger partial charge in [-0.2, -0.15) is 0 Å². The lowest BCUT2D eigenvalue weighted by atomic mass is 10.2. The Bertz CT molecular complexity index is 315. The molecule has 17 heavy (non-hydrogen) atoms. The van der Waals surface area contributed by atoms with Crippen LogP contribution in [-0.2, 0) is 0 Å². The van der Waals surface area contributed by atoms with Crippen molar-refractivity contribution in [2.75, 3.05) is 31.6 Å². The van der Waals surface area contributed by atoms with Crippen molar-refractivity contribution >= 4 is 5.69 Å². The van der Waals surface area contributed by atoms with Gasteiger partial charge in [0.1, 0.15) is 5.82 Å². The Kier molecular flexibility index (Phi) is 6.63. The van der Waals surface area contributed by atoms with Crippen LogP contribution in [0.5, 0.6) is 0 Å². The van der Waals surface area contributed by atoms with Crippen LogP contribution in [0.1, 0.15) is 26.2 Å². The number of unbranched alkanes of at least 4 members (excludes halogenated alkanes) is 1. The molecule has 3 heteroatoms. The third kappa shape index (κ3) is 5.18. The van der Waals surface area contributed by atoms with Gasteiger partial charge >= 0.3 is 0 Å². The van der Waals surface area contributed by atoms with Gasteiger partial charge < -0.3 is 10.2 Å². The zero-order valence-electron chi connectivity index (χ0n) is 10.9. The largest absolute Gasteiger partial charge is 0.372 e. The van der Waals surface area contributed by atoms with Crippen LogP contribution in [0, 0.1) is 5.82 Å². The molecule has 2 nitrogen and oxygen atoms in total. The molecule has 0 saturated heterocycles. The van der Waals surface area contributed by atoms with E-state index >= 15 is 0 Å². The van der Waals surface area contributed by atoms with E-state index in [1.807, 2.05) is 24.1 Å². The van der Waals surface area contributed by atoms with E-state index in [1.165, 1.54) is 12.5 Å². The summed E-state index contributed by atoms with van der Waals surface area (Å²) in [6.45, 7) is 5.20. The van der Waals surface area contributed by atoms with E-state index in [4.69, 9.17) is 0 Å². The lowest BCUT2D eigenvalue weighted by molar-refractivity contribution is 0.602. The number of nitrogens with one attached hydrogen (secondary N) is 1. The SMILES string of the molecule is CCCNCCCCN(C)c1ccccc1F. The highest BCUT2D eigenvalue weighted by atomic mass is 19.1. The van der Waals surface area contributed by atoms with E-state index in [1.54, 1.807) is 6.07 Å². The van der Waals surface area contributed by atoms with Crippen LogP contribution >= 0.6 is 0 Å². The number of para-hydroxylation sites is 1. The predicted octanol–water partition coefficient (Wildman–Crippen LogP) is 3.04. The van der Waals surface area contributed by atoms with Crippen molar-refractivity contribution in [1.82, 2.24) is 5.32 Å². The van der Waals surface area contributed by atoms with Gasteiger partial charge in [-0.05, 0) is 44.5 Å². The molecule has 1 aromatic carbocycles. The molecule has 0 atom stereocenters. The molecule has 0 radical (unpaired) electrons. The summed E-state index contributed by atoms with van der Waals surface area (Å²) in [5.41, 5.74) is 0.689. The maximum absolute atomic E-state index is 13.5. The van der Waals surface area contributed by atoms with E-state index in [0.717, 1.165) is 32.5 Å². The van der Waals surface area contributed by atoms with E-state index in [9.17, 15) is 4.39 Å².